The molecule has 33 heavy (non-hydrogen) atoms. The lowest BCUT2D eigenvalue weighted by molar-refractivity contribution is -0.384. The van der Waals surface area contributed by atoms with E-state index in [1.54, 1.807) is 6.07 Å². The lowest BCUT2D eigenvalue weighted by Gasteiger charge is -2.15. The fourth-order valence-corrected chi connectivity index (χ4v) is 3.93. The minimum absolute atomic E-state index is 0.0653. The van der Waals surface area contributed by atoms with Gasteiger partial charge in [0.05, 0.1) is 16.2 Å². The second kappa shape index (κ2) is 8.47. The highest BCUT2D eigenvalue weighted by atomic mass is 16.6. The third kappa shape index (κ3) is 4.12. The predicted octanol–water partition coefficient (Wildman–Crippen LogP) is 5.38. The molecule has 5 rings (SSSR count). The molecule has 0 saturated heterocycles. The van der Waals surface area contributed by atoms with Crippen molar-refractivity contribution >= 4 is 34.2 Å². The van der Waals surface area contributed by atoms with Crippen molar-refractivity contribution in [3.63, 3.8) is 0 Å². The molecule has 2 N–H and O–H groups in total. The number of nitrogens with one attached hydrogen (secondary N) is 2. The Kier molecular flexibility index (Phi) is 5.20. The molecule has 1 aromatic heterocycles. The maximum Gasteiger partial charge on any atom is 0.270 e. The molecule has 0 saturated carbocycles. The summed E-state index contributed by atoms with van der Waals surface area (Å²) in [6, 6.07) is 25.8. The first kappa shape index (κ1) is 20.3. The third-order valence-electron chi connectivity index (χ3n) is 5.53. The van der Waals surface area contributed by atoms with Crippen LogP contribution >= 0.6 is 0 Å². The first-order valence-electron chi connectivity index (χ1n) is 10.4. The van der Waals surface area contributed by atoms with Crippen LogP contribution < -0.4 is 10.6 Å². The van der Waals surface area contributed by atoms with E-state index >= 15 is 0 Å². The highest BCUT2D eigenvalue weighted by Crippen LogP contribution is 2.39. The lowest BCUT2D eigenvalue weighted by Crippen LogP contribution is -2.10. The van der Waals surface area contributed by atoms with E-state index in [1.807, 2.05) is 79.1 Å². The van der Waals surface area contributed by atoms with Gasteiger partial charge >= 0.3 is 0 Å². The molecule has 0 radical (unpaired) electrons. The zero-order chi connectivity index (χ0) is 22.8. The van der Waals surface area contributed by atoms with E-state index in [-0.39, 0.29) is 11.6 Å². The lowest BCUT2D eigenvalue weighted by atomic mass is 9.99. The summed E-state index contributed by atoms with van der Waals surface area (Å²) >= 11 is 0. The summed E-state index contributed by atoms with van der Waals surface area (Å²) in [5.74, 6) is -0.305. The fraction of sp³-hybridized carbons (Fsp3) is 0.0385. The molecule has 4 aromatic rings. The molecular weight excluding hydrogens is 416 g/mol. The Labute approximate surface area is 190 Å². The number of hydrogen-bond acceptors (Lipinski definition) is 4. The number of nitro groups is 1. The fourth-order valence-electron chi connectivity index (χ4n) is 3.93. The van der Waals surface area contributed by atoms with Gasteiger partial charge in [-0.05, 0) is 41.5 Å². The average Bonchev–Trinajstić information content (AvgIpc) is 3.45. The summed E-state index contributed by atoms with van der Waals surface area (Å²) in [5.41, 5.74) is 4.71. The Morgan fingerprint density at radius 1 is 0.939 bits per heavy atom. The summed E-state index contributed by atoms with van der Waals surface area (Å²) in [6.45, 7) is 0.763. The van der Waals surface area contributed by atoms with E-state index in [1.165, 1.54) is 12.1 Å². The van der Waals surface area contributed by atoms with Crippen molar-refractivity contribution in [2.45, 2.75) is 6.54 Å². The van der Waals surface area contributed by atoms with Gasteiger partial charge < -0.3 is 15.2 Å². The van der Waals surface area contributed by atoms with Crippen molar-refractivity contribution in [3.8, 4) is 0 Å². The van der Waals surface area contributed by atoms with Crippen LogP contribution in [0.15, 0.2) is 97.3 Å². The summed E-state index contributed by atoms with van der Waals surface area (Å²) < 4.78 is 2.09. The first-order chi connectivity index (χ1) is 16.1. The number of carbonyl (C=O) groups is 1. The Balaban J connectivity index is 1.56. The van der Waals surface area contributed by atoms with Crippen molar-refractivity contribution in [2.75, 3.05) is 10.6 Å². The number of nitro benzene ring substituents is 1. The second-order valence-corrected chi connectivity index (χ2v) is 7.73. The molecule has 0 bridgehead atoms. The van der Waals surface area contributed by atoms with Gasteiger partial charge in [0.1, 0.15) is 0 Å². The van der Waals surface area contributed by atoms with Crippen LogP contribution in [0.25, 0.3) is 11.3 Å². The zero-order valence-electron chi connectivity index (χ0n) is 17.6. The minimum Gasteiger partial charge on any atom is -0.354 e. The van der Waals surface area contributed by atoms with E-state index in [0.29, 0.717) is 22.5 Å². The maximum absolute atomic E-state index is 13.0. The topological polar surface area (TPSA) is 89.2 Å². The van der Waals surface area contributed by atoms with E-state index in [4.69, 9.17) is 0 Å². The largest absolute Gasteiger partial charge is 0.354 e. The minimum atomic E-state index is -0.459. The van der Waals surface area contributed by atoms with Crippen molar-refractivity contribution in [1.82, 2.24) is 4.57 Å². The molecule has 0 unspecified atom stereocenters. The van der Waals surface area contributed by atoms with E-state index < -0.39 is 4.92 Å². The van der Waals surface area contributed by atoms with Crippen molar-refractivity contribution in [2.24, 2.45) is 0 Å². The van der Waals surface area contributed by atoms with E-state index in [2.05, 4.69) is 15.2 Å². The number of aromatic nitrogens is 1. The Morgan fingerprint density at radius 3 is 2.36 bits per heavy atom. The monoisotopic (exact) mass is 436 g/mol. The summed E-state index contributed by atoms with van der Waals surface area (Å²) in [7, 11) is 0. The highest BCUT2D eigenvalue weighted by Gasteiger charge is 2.30. The van der Waals surface area contributed by atoms with Crippen LogP contribution in [0.3, 0.4) is 0 Å². The van der Waals surface area contributed by atoms with Crippen LogP contribution in [0.2, 0.25) is 0 Å². The van der Waals surface area contributed by atoms with Crippen molar-refractivity contribution in [1.29, 1.82) is 0 Å². The number of anilines is 2. The van der Waals surface area contributed by atoms with E-state index in [0.717, 1.165) is 23.4 Å². The molecule has 2 heterocycles. The number of amides is 1. The smallest absolute Gasteiger partial charge is 0.270 e. The standard InChI is InChI=1S/C26H20N4O3/c31-26-24(22-16-21(30(32)33)12-13-23(22)28-26)25(19-6-2-1-3-7-19)27-20-10-8-18(9-11-20)17-29-14-4-5-15-29/h1-16,27H,17H2,(H,28,31)/b25-24-. The SMILES string of the molecule is O=C1Nc2ccc([N+](=O)[O-])cc2/C1=C(/Nc1ccc(Cn2cccc2)cc1)c1ccccc1. The van der Waals surface area contributed by atoms with Gasteiger partial charge in [-0.15, -0.1) is 0 Å². The Bertz CT molecular complexity index is 1360. The third-order valence-corrected chi connectivity index (χ3v) is 5.53. The number of benzene rings is 3. The Hall–Kier alpha value is -4.65. The molecule has 7 nitrogen and oxygen atoms in total. The average molecular weight is 436 g/mol. The molecule has 1 amide bonds. The summed E-state index contributed by atoms with van der Waals surface area (Å²) in [6.07, 6.45) is 4.03. The summed E-state index contributed by atoms with van der Waals surface area (Å²) in [5, 5.41) is 17.5. The molecule has 0 fully saturated rings. The van der Waals surface area contributed by atoms with Gasteiger partial charge in [-0.3, -0.25) is 14.9 Å². The van der Waals surface area contributed by atoms with Crippen molar-refractivity contribution in [3.05, 3.63) is 124 Å². The molecule has 1 aliphatic rings. The van der Waals surface area contributed by atoms with Gasteiger partial charge in [0.15, 0.2) is 0 Å². The molecule has 7 heteroatoms. The number of hydrogen-bond donors (Lipinski definition) is 2. The number of non-ortho nitro benzene ring substituents is 1. The predicted molar refractivity (Wildman–Crippen MR) is 129 cm³/mol. The Morgan fingerprint density at radius 2 is 1.67 bits per heavy atom. The zero-order valence-corrected chi connectivity index (χ0v) is 17.6. The van der Waals surface area contributed by atoms with Gasteiger partial charge in [-0.25, -0.2) is 0 Å². The molecular formula is C26H20N4O3. The number of nitrogens with zero attached hydrogens (tertiary/aromatic N) is 2. The van der Waals surface area contributed by atoms with Crippen LogP contribution in [-0.4, -0.2) is 15.4 Å². The van der Waals surface area contributed by atoms with Crippen LogP contribution in [0, 0.1) is 10.1 Å². The van der Waals surface area contributed by atoms with Gasteiger partial charge in [-0.2, -0.15) is 0 Å². The van der Waals surface area contributed by atoms with Gasteiger partial charge in [0.2, 0.25) is 0 Å². The normalized spacial score (nSPS) is 13.9. The molecule has 1 aliphatic heterocycles. The number of rotatable bonds is 6. The van der Waals surface area contributed by atoms with Crippen molar-refractivity contribution < 1.29 is 9.72 Å². The van der Waals surface area contributed by atoms with Gasteiger partial charge in [0.25, 0.3) is 11.6 Å². The molecule has 0 spiro atoms. The van der Waals surface area contributed by atoms with Crippen LogP contribution in [0.1, 0.15) is 16.7 Å². The highest BCUT2D eigenvalue weighted by molar-refractivity contribution is 6.37. The molecule has 0 atom stereocenters. The number of carbonyl (C=O) groups excluding carboxylic acids is 1. The molecule has 0 aliphatic carbocycles. The molecule has 162 valence electrons. The van der Waals surface area contributed by atoms with E-state index in [9.17, 15) is 14.9 Å². The van der Waals surface area contributed by atoms with Crippen LogP contribution in [0.5, 0.6) is 0 Å². The quantitative estimate of drug-likeness (QED) is 0.241. The number of fused-ring (bicyclic) bond motifs is 1. The maximum atomic E-state index is 13.0. The van der Waals surface area contributed by atoms with Crippen LogP contribution in [0.4, 0.5) is 17.1 Å². The van der Waals surface area contributed by atoms with Crippen LogP contribution in [-0.2, 0) is 11.3 Å². The van der Waals surface area contributed by atoms with Gasteiger partial charge in [-0.1, -0.05) is 42.5 Å². The van der Waals surface area contributed by atoms with Gasteiger partial charge in [0, 0.05) is 48.0 Å². The second-order valence-electron chi connectivity index (χ2n) is 7.73. The molecule has 3 aromatic carbocycles. The summed E-state index contributed by atoms with van der Waals surface area (Å²) in [4.78, 5) is 23.8. The first-order valence-corrected chi connectivity index (χ1v) is 10.4.